The van der Waals surface area contributed by atoms with E-state index in [0.717, 1.165) is 43.4 Å². The van der Waals surface area contributed by atoms with Crippen molar-refractivity contribution >= 4 is 22.4 Å². The summed E-state index contributed by atoms with van der Waals surface area (Å²) in [5, 5.41) is 0.503. The fraction of sp³-hybridized carbons (Fsp3) is 0.312. The monoisotopic (exact) mass is 560 g/mol. The number of ether oxygens (including phenoxy) is 1. The Kier molecular flexibility index (Phi) is 9.84. The molecule has 0 aliphatic carbocycles. The summed E-state index contributed by atoms with van der Waals surface area (Å²) in [4.78, 5) is 0. The predicted molar refractivity (Wildman–Crippen MR) is 146 cm³/mol. The van der Waals surface area contributed by atoms with Gasteiger partial charge in [0.05, 0.1) is 6.61 Å². The molecule has 0 bridgehead atoms. The molecule has 0 saturated carbocycles. The van der Waals surface area contributed by atoms with Gasteiger partial charge in [-0.05, 0) is 66.3 Å². The molecule has 0 amide bonds. The third-order valence-corrected chi connectivity index (χ3v) is 7.23. The Hall–Kier alpha value is -3.12. The van der Waals surface area contributed by atoms with Gasteiger partial charge in [-0.1, -0.05) is 68.1 Å². The molecule has 206 valence electrons. The fourth-order valence-electron chi connectivity index (χ4n) is 4.66. The number of hydrogen-bond acceptors (Lipinski definition) is 1. The lowest BCUT2D eigenvalue weighted by molar-refractivity contribution is 0.301. The molecule has 0 N–H and O–H groups in total. The minimum atomic E-state index is -0.847. The topological polar surface area (TPSA) is 9.23 Å². The van der Waals surface area contributed by atoms with Crippen LogP contribution in [0.1, 0.15) is 54.9 Å². The van der Waals surface area contributed by atoms with Crippen molar-refractivity contribution in [1.29, 1.82) is 0 Å². The second-order valence-corrected chi connectivity index (χ2v) is 10.1. The van der Waals surface area contributed by atoms with Crippen LogP contribution in [0.2, 0.25) is 5.02 Å². The van der Waals surface area contributed by atoms with Crippen molar-refractivity contribution in [3.63, 3.8) is 0 Å². The number of benzene rings is 4. The molecule has 0 fully saturated rings. The number of rotatable bonds is 12. The van der Waals surface area contributed by atoms with E-state index in [1.54, 1.807) is 30.3 Å². The van der Waals surface area contributed by atoms with Crippen LogP contribution in [0.5, 0.6) is 5.75 Å². The Morgan fingerprint density at radius 3 is 2.05 bits per heavy atom. The summed E-state index contributed by atoms with van der Waals surface area (Å²) >= 11 is 5.53. The van der Waals surface area contributed by atoms with Crippen molar-refractivity contribution in [1.82, 2.24) is 0 Å². The van der Waals surface area contributed by atoms with Gasteiger partial charge in [-0.2, -0.15) is 0 Å². The van der Waals surface area contributed by atoms with E-state index in [-0.39, 0.29) is 30.6 Å². The zero-order valence-electron chi connectivity index (χ0n) is 21.7. The summed E-state index contributed by atoms with van der Waals surface area (Å²) in [5.74, 6) is -3.20. The van der Waals surface area contributed by atoms with E-state index in [1.807, 2.05) is 0 Å². The van der Waals surface area contributed by atoms with Crippen LogP contribution < -0.4 is 4.74 Å². The minimum absolute atomic E-state index is 0.00923. The lowest BCUT2D eigenvalue weighted by Crippen LogP contribution is -2.03. The highest BCUT2D eigenvalue weighted by Gasteiger charge is 2.14. The average molecular weight is 561 g/mol. The van der Waals surface area contributed by atoms with E-state index < -0.39 is 34.1 Å². The standard InChI is InChI=1S/C32H30ClF5O/c1-2-3-4-5-14-39-24-18-27(34)26(28(35)19-24)13-8-20-7-12-25-23(15-20)11-10-22(32(25)38)9-6-21-16-29(36)31(33)30(37)17-21/h7,10-12,15-19H,2-6,8-9,13-14H2,1H3. The van der Waals surface area contributed by atoms with Crippen molar-refractivity contribution in [2.24, 2.45) is 0 Å². The largest absolute Gasteiger partial charge is 0.493 e. The molecule has 4 aromatic carbocycles. The summed E-state index contributed by atoms with van der Waals surface area (Å²) in [6.07, 6.45) is 5.07. The van der Waals surface area contributed by atoms with Gasteiger partial charge in [0.1, 0.15) is 39.9 Å². The van der Waals surface area contributed by atoms with E-state index in [0.29, 0.717) is 34.9 Å². The Morgan fingerprint density at radius 2 is 1.36 bits per heavy atom. The van der Waals surface area contributed by atoms with Crippen LogP contribution in [-0.2, 0) is 25.7 Å². The maximum Gasteiger partial charge on any atom is 0.145 e. The molecule has 0 aliphatic rings. The zero-order valence-corrected chi connectivity index (χ0v) is 22.5. The minimum Gasteiger partial charge on any atom is -0.493 e. The van der Waals surface area contributed by atoms with Crippen LogP contribution in [-0.4, -0.2) is 6.61 Å². The van der Waals surface area contributed by atoms with Gasteiger partial charge in [0.15, 0.2) is 0 Å². The van der Waals surface area contributed by atoms with Crippen molar-refractivity contribution < 1.29 is 26.7 Å². The van der Waals surface area contributed by atoms with Crippen LogP contribution in [0.15, 0.2) is 54.6 Å². The molecular formula is C32H30ClF5O. The molecule has 0 atom stereocenters. The van der Waals surface area contributed by atoms with Crippen LogP contribution in [0.25, 0.3) is 10.8 Å². The number of unbranched alkanes of at least 4 members (excludes halogenated alkanes) is 3. The van der Waals surface area contributed by atoms with Crippen LogP contribution >= 0.6 is 11.6 Å². The summed E-state index contributed by atoms with van der Waals surface area (Å²) in [5.41, 5.74) is 1.61. The summed E-state index contributed by atoms with van der Waals surface area (Å²) in [7, 11) is 0. The molecule has 7 heteroatoms. The van der Waals surface area contributed by atoms with E-state index in [1.165, 1.54) is 12.1 Å². The van der Waals surface area contributed by atoms with E-state index in [2.05, 4.69) is 6.92 Å². The summed E-state index contributed by atoms with van der Waals surface area (Å²) < 4.78 is 77.4. The first-order valence-corrected chi connectivity index (χ1v) is 13.6. The van der Waals surface area contributed by atoms with Crippen molar-refractivity contribution in [3.05, 3.63) is 111 Å². The van der Waals surface area contributed by atoms with Crippen LogP contribution in [0.3, 0.4) is 0 Å². The first-order chi connectivity index (χ1) is 18.8. The van der Waals surface area contributed by atoms with Crippen LogP contribution in [0, 0.1) is 29.1 Å². The number of hydrogen-bond donors (Lipinski definition) is 0. The summed E-state index contributed by atoms with van der Waals surface area (Å²) in [6.45, 7) is 2.53. The first-order valence-electron chi connectivity index (χ1n) is 13.2. The van der Waals surface area contributed by atoms with Crippen molar-refractivity contribution in [2.45, 2.75) is 58.3 Å². The van der Waals surface area contributed by atoms with Crippen molar-refractivity contribution in [2.75, 3.05) is 6.61 Å². The predicted octanol–water partition coefficient (Wildman–Crippen LogP) is 9.72. The van der Waals surface area contributed by atoms with Gasteiger partial charge < -0.3 is 4.74 Å². The lowest BCUT2D eigenvalue weighted by atomic mass is 9.97. The average Bonchev–Trinajstić information content (AvgIpc) is 2.90. The molecule has 0 aliphatic heterocycles. The van der Waals surface area contributed by atoms with Crippen molar-refractivity contribution in [3.8, 4) is 5.75 Å². The summed E-state index contributed by atoms with van der Waals surface area (Å²) in [6, 6.07) is 13.4. The number of halogens is 6. The first kappa shape index (κ1) is 28.9. The van der Waals surface area contributed by atoms with Crippen LogP contribution in [0.4, 0.5) is 22.0 Å². The highest BCUT2D eigenvalue weighted by molar-refractivity contribution is 6.30. The maximum atomic E-state index is 15.2. The second kappa shape index (κ2) is 13.3. The second-order valence-electron chi connectivity index (χ2n) is 9.74. The van der Waals surface area contributed by atoms with E-state index in [4.69, 9.17) is 16.3 Å². The van der Waals surface area contributed by atoms with E-state index >= 15 is 4.39 Å². The highest BCUT2D eigenvalue weighted by Crippen LogP contribution is 2.27. The van der Waals surface area contributed by atoms with E-state index in [9.17, 15) is 17.6 Å². The molecule has 39 heavy (non-hydrogen) atoms. The number of fused-ring (bicyclic) bond motifs is 1. The third-order valence-electron chi connectivity index (χ3n) is 6.87. The van der Waals surface area contributed by atoms with Gasteiger partial charge in [-0.3, -0.25) is 0 Å². The molecular weight excluding hydrogens is 531 g/mol. The third kappa shape index (κ3) is 7.30. The van der Waals surface area contributed by atoms with Gasteiger partial charge in [0, 0.05) is 23.1 Å². The van der Waals surface area contributed by atoms with Gasteiger partial charge in [-0.25, -0.2) is 22.0 Å². The highest BCUT2D eigenvalue weighted by atomic mass is 35.5. The Balaban J connectivity index is 1.40. The molecule has 1 nitrogen and oxygen atoms in total. The molecule has 0 radical (unpaired) electrons. The molecule has 4 rings (SSSR count). The number of aryl methyl sites for hydroxylation is 3. The molecule has 0 spiro atoms. The lowest BCUT2D eigenvalue weighted by Gasteiger charge is -2.11. The smallest absolute Gasteiger partial charge is 0.145 e. The van der Waals surface area contributed by atoms with Gasteiger partial charge in [0.2, 0.25) is 0 Å². The van der Waals surface area contributed by atoms with Gasteiger partial charge in [0.25, 0.3) is 0 Å². The quantitative estimate of drug-likeness (QED) is 0.0952. The molecule has 0 unspecified atom stereocenters. The van der Waals surface area contributed by atoms with Gasteiger partial charge in [-0.15, -0.1) is 0 Å². The SMILES string of the molecule is CCCCCCOc1cc(F)c(CCc2ccc3c(F)c(CCc4cc(F)c(Cl)c(F)c4)ccc3c2)c(F)c1. The fourth-order valence-corrected chi connectivity index (χ4v) is 4.77. The molecule has 4 aromatic rings. The molecule has 0 saturated heterocycles. The molecule has 0 heterocycles. The van der Waals surface area contributed by atoms with Gasteiger partial charge >= 0.3 is 0 Å². The zero-order chi connectivity index (χ0) is 27.9. The molecule has 0 aromatic heterocycles. The Morgan fingerprint density at radius 1 is 0.667 bits per heavy atom. The normalized spacial score (nSPS) is 11.4. The maximum absolute atomic E-state index is 15.2. The Bertz CT molecular complexity index is 1410. The Labute approximate surface area is 230 Å².